The molecule has 2 heterocycles. The lowest BCUT2D eigenvalue weighted by Gasteiger charge is -2.23. The van der Waals surface area contributed by atoms with Crippen molar-refractivity contribution in [3.63, 3.8) is 0 Å². The van der Waals surface area contributed by atoms with Gasteiger partial charge in [0.05, 0.1) is 17.2 Å². The average Bonchev–Trinajstić information content (AvgIpc) is 3.39. The molecule has 6 heteroatoms. The fourth-order valence-corrected chi connectivity index (χ4v) is 7.77. The van der Waals surface area contributed by atoms with E-state index in [0.717, 1.165) is 49.7 Å². The quantitative estimate of drug-likeness (QED) is 0.388. The lowest BCUT2D eigenvalue weighted by Crippen LogP contribution is -2.19. The van der Waals surface area contributed by atoms with Crippen LogP contribution < -0.4 is 5.32 Å². The Hall–Kier alpha value is -2.44. The van der Waals surface area contributed by atoms with Gasteiger partial charge in [-0.1, -0.05) is 37.3 Å². The van der Waals surface area contributed by atoms with Crippen LogP contribution in [0.25, 0.3) is 0 Å². The zero-order chi connectivity index (χ0) is 23.8. The number of benzene rings is 1. The van der Waals surface area contributed by atoms with Crippen molar-refractivity contribution in [2.45, 2.75) is 71.3 Å². The molecule has 0 saturated heterocycles. The van der Waals surface area contributed by atoms with Crippen molar-refractivity contribution in [1.29, 1.82) is 0 Å². The Labute approximate surface area is 209 Å². The largest absolute Gasteiger partial charge is 0.459 e. The van der Waals surface area contributed by atoms with Crippen LogP contribution >= 0.6 is 22.7 Å². The first-order valence-electron chi connectivity index (χ1n) is 12.2. The number of hydrogen-bond donors (Lipinski definition) is 1. The Morgan fingerprint density at radius 2 is 1.79 bits per heavy atom. The number of nitrogens with one attached hydrogen (secondary N) is 1. The van der Waals surface area contributed by atoms with Crippen LogP contribution in [0.15, 0.2) is 35.7 Å². The number of fused-ring (bicyclic) bond motifs is 2. The highest BCUT2D eigenvalue weighted by atomic mass is 32.1. The fourth-order valence-electron chi connectivity index (χ4n) is 5.21. The zero-order valence-electron chi connectivity index (χ0n) is 20.0. The SMILES string of the molecule is CC(C)OC(=O)c1c(NC(=O)c2csc3c2CC[C@@H](C)C3)sc2c1CC[C@@H](c1ccccc1)C2. The molecule has 0 saturated carbocycles. The molecule has 2 aliphatic rings. The number of rotatable bonds is 5. The molecule has 0 spiro atoms. The van der Waals surface area contributed by atoms with E-state index >= 15 is 0 Å². The number of carbonyl (C=O) groups excluding carboxylic acids is 2. The first-order valence-corrected chi connectivity index (χ1v) is 13.9. The maximum absolute atomic E-state index is 13.4. The molecule has 3 aromatic rings. The predicted octanol–water partition coefficient (Wildman–Crippen LogP) is 7.02. The number of hydrogen-bond acceptors (Lipinski definition) is 5. The Balaban J connectivity index is 1.45. The summed E-state index contributed by atoms with van der Waals surface area (Å²) in [6, 6.07) is 10.6. The summed E-state index contributed by atoms with van der Waals surface area (Å²) in [4.78, 5) is 29.0. The van der Waals surface area contributed by atoms with Crippen LogP contribution in [-0.4, -0.2) is 18.0 Å². The molecule has 0 bridgehead atoms. The molecule has 1 aromatic carbocycles. The third-order valence-electron chi connectivity index (χ3n) is 6.96. The van der Waals surface area contributed by atoms with Gasteiger partial charge in [-0.25, -0.2) is 4.79 Å². The standard InChI is InChI=1S/C28H31NO3S2/c1-16(2)32-28(31)25-21-12-10-19(18-7-5-4-6-8-18)14-24(21)34-27(25)29-26(30)22-15-33-23-13-17(3)9-11-20(22)23/h4-8,15-17,19H,9-14H2,1-3H3,(H,29,30)/t17-,19-/m1/s1. The number of carbonyl (C=O) groups is 2. The number of anilines is 1. The molecule has 0 radical (unpaired) electrons. The van der Waals surface area contributed by atoms with E-state index in [1.165, 1.54) is 20.9 Å². The van der Waals surface area contributed by atoms with Crippen molar-refractivity contribution in [3.05, 3.63) is 73.3 Å². The van der Waals surface area contributed by atoms with Gasteiger partial charge in [0.15, 0.2) is 0 Å². The van der Waals surface area contributed by atoms with Crippen molar-refractivity contribution in [2.24, 2.45) is 5.92 Å². The number of thiophene rings is 2. The second-order valence-electron chi connectivity index (χ2n) is 9.87. The van der Waals surface area contributed by atoms with Crippen molar-refractivity contribution in [1.82, 2.24) is 0 Å². The maximum Gasteiger partial charge on any atom is 0.341 e. The molecule has 0 fully saturated rings. The zero-order valence-corrected chi connectivity index (χ0v) is 21.6. The summed E-state index contributed by atoms with van der Waals surface area (Å²) in [6.07, 6.45) is 5.59. The lowest BCUT2D eigenvalue weighted by atomic mass is 9.83. The van der Waals surface area contributed by atoms with Gasteiger partial charge in [-0.3, -0.25) is 4.79 Å². The molecule has 0 unspecified atom stereocenters. The highest BCUT2D eigenvalue weighted by molar-refractivity contribution is 7.17. The molecule has 0 aliphatic heterocycles. The summed E-state index contributed by atoms with van der Waals surface area (Å²) < 4.78 is 5.61. The molecule has 4 nitrogen and oxygen atoms in total. The Morgan fingerprint density at radius 3 is 2.56 bits per heavy atom. The first kappa shape index (κ1) is 23.3. The monoisotopic (exact) mass is 493 g/mol. The normalized spacial score (nSPS) is 19.4. The van der Waals surface area contributed by atoms with Crippen LogP contribution in [0.1, 0.15) is 86.7 Å². The van der Waals surface area contributed by atoms with Crippen LogP contribution in [-0.2, 0) is 30.4 Å². The van der Waals surface area contributed by atoms with E-state index in [9.17, 15) is 9.59 Å². The summed E-state index contributed by atoms with van der Waals surface area (Å²) in [5.41, 5.74) is 4.91. The Bertz CT molecular complexity index is 1210. The van der Waals surface area contributed by atoms with Gasteiger partial charge in [0.1, 0.15) is 5.00 Å². The lowest BCUT2D eigenvalue weighted by molar-refractivity contribution is 0.0378. The average molecular weight is 494 g/mol. The molecule has 1 amide bonds. The summed E-state index contributed by atoms with van der Waals surface area (Å²) in [6.45, 7) is 5.99. The summed E-state index contributed by atoms with van der Waals surface area (Å²) in [5, 5.41) is 5.75. The topological polar surface area (TPSA) is 55.4 Å². The minimum Gasteiger partial charge on any atom is -0.459 e. The van der Waals surface area contributed by atoms with E-state index in [1.54, 1.807) is 22.7 Å². The number of amides is 1. The van der Waals surface area contributed by atoms with Crippen LogP contribution in [0.4, 0.5) is 5.00 Å². The third-order valence-corrected chi connectivity index (χ3v) is 9.18. The minimum absolute atomic E-state index is 0.108. The van der Waals surface area contributed by atoms with Gasteiger partial charge in [0.2, 0.25) is 0 Å². The van der Waals surface area contributed by atoms with E-state index in [2.05, 4.69) is 36.5 Å². The predicted molar refractivity (Wildman–Crippen MR) is 140 cm³/mol. The van der Waals surface area contributed by atoms with Crippen LogP contribution in [0, 0.1) is 5.92 Å². The van der Waals surface area contributed by atoms with Gasteiger partial charge in [-0.2, -0.15) is 0 Å². The van der Waals surface area contributed by atoms with E-state index in [4.69, 9.17) is 4.74 Å². The highest BCUT2D eigenvalue weighted by Crippen LogP contribution is 2.43. The molecule has 2 aliphatic carbocycles. The number of esters is 1. The third kappa shape index (κ3) is 4.58. The maximum atomic E-state index is 13.4. The number of ether oxygens (including phenoxy) is 1. The Morgan fingerprint density at radius 1 is 1.03 bits per heavy atom. The summed E-state index contributed by atoms with van der Waals surface area (Å²) in [7, 11) is 0. The fraction of sp³-hybridized carbons (Fsp3) is 0.429. The van der Waals surface area contributed by atoms with Gasteiger partial charge < -0.3 is 10.1 Å². The van der Waals surface area contributed by atoms with Gasteiger partial charge >= 0.3 is 5.97 Å². The molecule has 34 heavy (non-hydrogen) atoms. The second-order valence-corrected chi connectivity index (χ2v) is 11.9. The van der Waals surface area contributed by atoms with Crippen LogP contribution in [0.5, 0.6) is 0 Å². The van der Waals surface area contributed by atoms with E-state index in [-0.39, 0.29) is 18.0 Å². The van der Waals surface area contributed by atoms with Crippen molar-refractivity contribution >= 4 is 39.6 Å². The molecular weight excluding hydrogens is 462 g/mol. The second kappa shape index (κ2) is 9.67. The highest BCUT2D eigenvalue weighted by Gasteiger charge is 2.32. The Kier molecular flexibility index (Phi) is 6.63. The van der Waals surface area contributed by atoms with E-state index in [1.807, 2.05) is 25.3 Å². The van der Waals surface area contributed by atoms with E-state index < -0.39 is 0 Å². The molecular formula is C28H31NO3S2. The molecule has 2 aromatic heterocycles. The first-order chi connectivity index (χ1) is 16.4. The molecule has 2 atom stereocenters. The van der Waals surface area contributed by atoms with Crippen molar-refractivity contribution in [2.75, 3.05) is 5.32 Å². The van der Waals surface area contributed by atoms with Crippen LogP contribution in [0.2, 0.25) is 0 Å². The van der Waals surface area contributed by atoms with E-state index in [0.29, 0.717) is 22.4 Å². The molecule has 5 rings (SSSR count). The van der Waals surface area contributed by atoms with Gasteiger partial charge in [-0.15, -0.1) is 22.7 Å². The van der Waals surface area contributed by atoms with Crippen LogP contribution in [0.3, 0.4) is 0 Å². The minimum atomic E-state index is -0.331. The summed E-state index contributed by atoms with van der Waals surface area (Å²) >= 11 is 3.24. The molecule has 178 valence electrons. The smallest absolute Gasteiger partial charge is 0.341 e. The summed E-state index contributed by atoms with van der Waals surface area (Å²) in [5.74, 6) is 0.655. The molecule has 1 N–H and O–H groups in total. The van der Waals surface area contributed by atoms with Crippen molar-refractivity contribution < 1.29 is 14.3 Å². The van der Waals surface area contributed by atoms with Crippen molar-refractivity contribution in [3.8, 4) is 0 Å². The van der Waals surface area contributed by atoms with Gasteiger partial charge in [0.25, 0.3) is 5.91 Å². The van der Waals surface area contributed by atoms with Gasteiger partial charge in [0, 0.05) is 15.1 Å². The van der Waals surface area contributed by atoms with Gasteiger partial charge in [-0.05, 0) is 80.9 Å².